The van der Waals surface area contributed by atoms with E-state index in [1.54, 1.807) is 4.90 Å². The zero-order valence-corrected chi connectivity index (χ0v) is 12.2. The molecule has 1 aromatic carbocycles. The van der Waals surface area contributed by atoms with Gasteiger partial charge in [0.15, 0.2) is 0 Å². The number of hydrogen-bond donors (Lipinski definition) is 1. The van der Waals surface area contributed by atoms with Gasteiger partial charge in [-0.25, -0.2) is 4.63 Å². The molecular weight excluding hydrogens is 270 g/mol. The minimum absolute atomic E-state index is 0.0166. The number of nitrogens with two attached hydrogens (primary N) is 1. The van der Waals surface area contributed by atoms with Crippen LogP contribution in [-0.2, 0) is 6.54 Å². The number of anilines is 1. The summed E-state index contributed by atoms with van der Waals surface area (Å²) in [5.41, 5.74) is 6.70. The number of carbonyl (C=O) groups excluding carboxylic acids is 1. The molecular formula is C14H19N5O2. The lowest BCUT2D eigenvalue weighted by Crippen LogP contribution is -2.36. The Morgan fingerprint density at radius 1 is 1.19 bits per heavy atom. The van der Waals surface area contributed by atoms with Crippen LogP contribution in [0, 0.1) is 0 Å². The molecule has 112 valence electrons. The van der Waals surface area contributed by atoms with Gasteiger partial charge in [0.25, 0.3) is 5.91 Å². The van der Waals surface area contributed by atoms with Crippen molar-refractivity contribution in [3.05, 3.63) is 41.6 Å². The third kappa shape index (κ3) is 4.03. The zero-order chi connectivity index (χ0) is 15.2. The van der Waals surface area contributed by atoms with E-state index in [2.05, 4.69) is 14.9 Å². The van der Waals surface area contributed by atoms with E-state index >= 15 is 0 Å². The topological polar surface area (TPSA) is 88.5 Å². The highest BCUT2D eigenvalue weighted by Crippen LogP contribution is 2.12. The van der Waals surface area contributed by atoms with Gasteiger partial charge in [-0.15, -0.1) is 0 Å². The third-order valence-electron chi connectivity index (χ3n) is 3.04. The van der Waals surface area contributed by atoms with Gasteiger partial charge in [-0.3, -0.25) is 4.79 Å². The van der Waals surface area contributed by atoms with E-state index in [4.69, 9.17) is 5.73 Å². The van der Waals surface area contributed by atoms with Crippen LogP contribution >= 0.6 is 0 Å². The number of benzene rings is 1. The Bertz CT molecular complexity index is 582. The SMILES string of the molecule is CN(C)CCN(Cc1ccccc1)C(=O)c1nonc1N. The smallest absolute Gasteiger partial charge is 0.280 e. The fraction of sp³-hybridized carbons (Fsp3) is 0.357. The van der Waals surface area contributed by atoms with Crippen LogP contribution in [0.5, 0.6) is 0 Å². The number of amides is 1. The van der Waals surface area contributed by atoms with Crippen LogP contribution in [0.2, 0.25) is 0 Å². The van der Waals surface area contributed by atoms with Crippen molar-refractivity contribution in [3.8, 4) is 0 Å². The van der Waals surface area contributed by atoms with Crippen molar-refractivity contribution in [1.29, 1.82) is 0 Å². The van der Waals surface area contributed by atoms with Gasteiger partial charge in [0.05, 0.1) is 0 Å². The van der Waals surface area contributed by atoms with E-state index in [1.165, 1.54) is 0 Å². The molecule has 0 fully saturated rings. The first-order chi connectivity index (χ1) is 10.1. The Kier molecular flexibility index (Phi) is 4.89. The lowest BCUT2D eigenvalue weighted by molar-refractivity contribution is 0.0721. The maximum Gasteiger partial charge on any atom is 0.280 e. The Morgan fingerprint density at radius 3 is 2.48 bits per heavy atom. The maximum atomic E-state index is 12.5. The van der Waals surface area contributed by atoms with E-state index < -0.39 is 0 Å². The van der Waals surface area contributed by atoms with Crippen LogP contribution in [0.4, 0.5) is 5.82 Å². The molecule has 2 N–H and O–H groups in total. The van der Waals surface area contributed by atoms with E-state index in [0.717, 1.165) is 12.1 Å². The lowest BCUT2D eigenvalue weighted by Gasteiger charge is -2.23. The van der Waals surface area contributed by atoms with Crippen molar-refractivity contribution in [2.75, 3.05) is 32.9 Å². The van der Waals surface area contributed by atoms with Gasteiger partial charge in [0, 0.05) is 19.6 Å². The highest BCUT2D eigenvalue weighted by Gasteiger charge is 2.22. The molecule has 0 radical (unpaired) electrons. The maximum absolute atomic E-state index is 12.5. The highest BCUT2D eigenvalue weighted by molar-refractivity contribution is 5.96. The summed E-state index contributed by atoms with van der Waals surface area (Å²) >= 11 is 0. The summed E-state index contributed by atoms with van der Waals surface area (Å²) in [5, 5.41) is 7.05. The monoisotopic (exact) mass is 289 g/mol. The number of likely N-dealkylation sites (N-methyl/N-ethyl adjacent to an activating group) is 1. The van der Waals surface area contributed by atoms with Gasteiger partial charge in [0.2, 0.25) is 11.5 Å². The summed E-state index contributed by atoms with van der Waals surface area (Å²) in [6.07, 6.45) is 0. The van der Waals surface area contributed by atoms with E-state index in [9.17, 15) is 4.79 Å². The molecule has 0 spiro atoms. The quantitative estimate of drug-likeness (QED) is 0.848. The van der Waals surface area contributed by atoms with Gasteiger partial charge in [-0.1, -0.05) is 30.3 Å². The molecule has 7 nitrogen and oxygen atoms in total. The van der Waals surface area contributed by atoms with E-state index in [-0.39, 0.29) is 17.4 Å². The van der Waals surface area contributed by atoms with Crippen molar-refractivity contribution >= 4 is 11.7 Å². The summed E-state index contributed by atoms with van der Waals surface area (Å²) in [7, 11) is 3.91. The average Bonchev–Trinajstić information content (AvgIpc) is 2.90. The standard InChI is InChI=1S/C14H19N5O2/c1-18(2)8-9-19(10-11-6-4-3-5-7-11)14(20)12-13(15)17-21-16-12/h3-7H,8-10H2,1-2H3,(H2,15,17). The summed E-state index contributed by atoms with van der Waals surface area (Å²) < 4.78 is 4.51. The minimum Gasteiger partial charge on any atom is -0.379 e. The highest BCUT2D eigenvalue weighted by atomic mass is 16.6. The second-order valence-corrected chi connectivity index (χ2v) is 5.01. The summed E-state index contributed by atoms with van der Waals surface area (Å²) in [4.78, 5) is 16.2. The van der Waals surface area contributed by atoms with Gasteiger partial charge < -0.3 is 15.5 Å². The first kappa shape index (κ1) is 15.0. The van der Waals surface area contributed by atoms with Gasteiger partial charge >= 0.3 is 0 Å². The molecule has 2 rings (SSSR count). The second-order valence-electron chi connectivity index (χ2n) is 5.01. The molecule has 0 unspecified atom stereocenters. The van der Waals surface area contributed by atoms with Crippen molar-refractivity contribution in [3.63, 3.8) is 0 Å². The molecule has 0 aliphatic heterocycles. The van der Waals surface area contributed by atoms with Crippen molar-refractivity contribution < 1.29 is 9.42 Å². The van der Waals surface area contributed by atoms with Crippen molar-refractivity contribution in [2.45, 2.75) is 6.54 Å². The first-order valence-electron chi connectivity index (χ1n) is 6.64. The minimum atomic E-state index is -0.278. The normalized spacial score (nSPS) is 10.8. The number of rotatable bonds is 6. The fourth-order valence-electron chi connectivity index (χ4n) is 1.87. The molecule has 1 heterocycles. The van der Waals surface area contributed by atoms with Crippen molar-refractivity contribution in [2.24, 2.45) is 0 Å². The fourth-order valence-corrected chi connectivity index (χ4v) is 1.87. The molecule has 2 aromatic rings. The molecule has 7 heteroatoms. The number of nitrogens with zero attached hydrogens (tertiary/aromatic N) is 4. The van der Waals surface area contributed by atoms with Crippen LogP contribution in [-0.4, -0.2) is 53.2 Å². The molecule has 0 aliphatic carbocycles. The van der Waals surface area contributed by atoms with Crippen LogP contribution in [0.1, 0.15) is 16.1 Å². The van der Waals surface area contributed by atoms with Crippen molar-refractivity contribution in [1.82, 2.24) is 20.1 Å². The molecule has 21 heavy (non-hydrogen) atoms. The third-order valence-corrected chi connectivity index (χ3v) is 3.04. The Balaban J connectivity index is 2.15. The predicted octanol–water partition coefficient (Wildman–Crippen LogP) is 0.856. The molecule has 1 aromatic heterocycles. The summed E-state index contributed by atoms with van der Waals surface area (Å²) in [6.45, 7) is 1.79. The molecule has 0 bridgehead atoms. The Morgan fingerprint density at radius 2 is 1.90 bits per heavy atom. The number of hydrogen-bond acceptors (Lipinski definition) is 6. The number of aromatic nitrogens is 2. The Hall–Kier alpha value is -2.41. The molecule has 0 saturated carbocycles. The molecule has 0 saturated heterocycles. The van der Waals surface area contributed by atoms with Gasteiger partial charge in [-0.05, 0) is 30.0 Å². The largest absolute Gasteiger partial charge is 0.379 e. The number of nitrogen functional groups attached to an aromatic ring is 1. The Labute approximate surface area is 123 Å². The predicted molar refractivity (Wildman–Crippen MR) is 78.4 cm³/mol. The van der Waals surface area contributed by atoms with E-state index in [0.29, 0.717) is 13.1 Å². The zero-order valence-electron chi connectivity index (χ0n) is 12.2. The van der Waals surface area contributed by atoms with Crippen LogP contribution in [0.3, 0.4) is 0 Å². The lowest BCUT2D eigenvalue weighted by atomic mass is 10.2. The van der Waals surface area contributed by atoms with E-state index in [1.807, 2.05) is 49.3 Å². The van der Waals surface area contributed by atoms with Crippen LogP contribution < -0.4 is 5.73 Å². The van der Waals surface area contributed by atoms with Crippen LogP contribution in [0.15, 0.2) is 35.0 Å². The molecule has 0 aliphatic rings. The molecule has 0 atom stereocenters. The summed E-state index contributed by atoms with van der Waals surface area (Å²) in [5.74, 6) is -0.262. The molecule has 1 amide bonds. The summed E-state index contributed by atoms with van der Waals surface area (Å²) in [6, 6.07) is 9.77. The second kappa shape index (κ2) is 6.85. The average molecular weight is 289 g/mol. The van der Waals surface area contributed by atoms with Gasteiger partial charge in [0.1, 0.15) is 0 Å². The van der Waals surface area contributed by atoms with Gasteiger partial charge in [-0.2, -0.15) is 0 Å². The van der Waals surface area contributed by atoms with Crippen LogP contribution in [0.25, 0.3) is 0 Å². The number of carbonyl (C=O) groups is 1. The first-order valence-corrected chi connectivity index (χ1v) is 6.64.